The molecule has 0 saturated carbocycles. The van der Waals surface area contributed by atoms with Crippen LogP contribution in [0.4, 0.5) is 0 Å². The lowest BCUT2D eigenvalue weighted by molar-refractivity contribution is 0.103. The first-order valence-corrected chi connectivity index (χ1v) is 10.8. The molecule has 4 rings (SSSR count). The summed E-state index contributed by atoms with van der Waals surface area (Å²) in [5, 5.41) is 3.36. The molecular formula is C27H21Cl2NO. The minimum atomic E-state index is -0.127. The predicted molar refractivity (Wildman–Crippen MR) is 132 cm³/mol. The number of halogens is 2. The van der Waals surface area contributed by atoms with Crippen LogP contribution in [0.25, 0.3) is 27.5 Å². The van der Waals surface area contributed by atoms with Crippen LogP contribution in [0.2, 0.25) is 0 Å². The predicted octanol–water partition coefficient (Wildman–Crippen LogP) is 8.18. The number of hydrogen-bond acceptors (Lipinski definition) is 1. The summed E-state index contributed by atoms with van der Waals surface area (Å²) in [4.78, 5) is 13.0. The van der Waals surface area contributed by atoms with Crippen LogP contribution in [0, 0.1) is 0 Å². The highest BCUT2D eigenvalue weighted by Crippen LogP contribution is 2.32. The molecule has 31 heavy (non-hydrogen) atoms. The van der Waals surface area contributed by atoms with Gasteiger partial charge in [0.25, 0.3) is 0 Å². The number of carbonyl (C=O) groups excluding carboxylic acids is 1. The number of rotatable bonds is 5. The van der Waals surface area contributed by atoms with Crippen LogP contribution < -0.4 is 0 Å². The monoisotopic (exact) mass is 445 g/mol. The summed E-state index contributed by atoms with van der Waals surface area (Å²) in [6.07, 6.45) is 5.04. The number of allylic oxidation sites excluding steroid dienone is 6. The van der Waals surface area contributed by atoms with Gasteiger partial charge in [0.15, 0.2) is 5.78 Å². The van der Waals surface area contributed by atoms with Gasteiger partial charge in [-0.15, -0.1) is 0 Å². The van der Waals surface area contributed by atoms with Crippen molar-refractivity contribution in [1.82, 2.24) is 4.57 Å². The van der Waals surface area contributed by atoms with Gasteiger partial charge >= 0.3 is 0 Å². The molecule has 0 bridgehead atoms. The van der Waals surface area contributed by atoms with E-state index in [1.54, 1.807) is 32.1 Å². The Kier molecular flexibility index (Phi) is 6.13. The zero-order valence-corrected chi connectivity index (χ0v) is 18.8. The minimum Gasteiger partial charge on any atom is -0.309 e. The summed E-state index contributed by atoms with van der Waals surface area (Å²) in [5.41, 5.74) is 4.28. The van der Waals surface area contributed by atoms with Gasteiger partial charge in [-0.05, 0) is 62.4 Å². The van der Waals surface area contributed by atoms with Crippen molar-refractivity contribution in [3.05, 3.63) is 112 Å². The van der Waals surface area contributed by atoms with Crippen molar-refractivity contribution in [2.75, 3.05) is 0 Å². The standard InChI is InChI=1S/C27H21Cl2NO/c1-3-21(24(29)17-12-18(2)28)27(31)19-13-15-20(16-14-19)30-25-10-6-4-8-22(25)23-9-5-7-11-26(23)30/h3-17H,1-2H3/b18-12+,21-3+,24-17+. The Morgan fingerprint density at radius 1 is 0.806 bits per heavy atom. The Hall–Kier alpha value is -3.07. The summed E-state index contributed by atoms with van der Waals surface area (Å²) in [7, 11) is 0. The van der Waals surface area contributed by atoms with Crippen LogP contribution in [0.15, 0.2) is 107 Å². The normalized spacial score (nSPS) is 13.2. The van der Waals surface area contributed by atoms with Gasteiger partial charge in [0.05, 0.1) is 16.1 Å². The molecule has 4 aromatic rings. The quantitative estimate of drug-likeness (QED) is 0.172. The molecule has 3 aromatic carbocycles. The molecule has 0 spiro atoms. The molecule has 154 valence electrons. The Balaban J connectivity index is 1.75. The molecule has 2 nitrogen and oxygen atoms in total. The van der Waals surface area contributed by atoms with Crippen LogP contribution in [-0.4, -0.2) is 10.4 Å². The molecule has 1 aromatic heterocycles. The lowest BCUT2D eigenvalue weighted by Crippen LogP contribution is -2.04. The molecule has 1 heterocycles. The third-order valence-corrected chi connectivity index (χ3v) is 5.67. The smallest absolute Gasteiger partial charge is 0.194 e. The van der Waals surface area contributed by atoms with Gasteiger partial charge in [0.1, 0.15) is 0 Å². The number of carbonyl (C=O) groups is 1. The lowest BCUT2D eigenvalue weighted by Gasteiger charge is -2.10. The first-order valence-electron chi connectivity index (χ1n) is 10.0. The highest BCUT2D eigenvalue weighted by atomic mass is 35.5. The summed E-state index contributed by atoms with van der Waals surface area (Å²) in [6.45, 7) is 3.56. The van der Waals surface area contributed by atoms with E-state index in [1.165, 1.54) is 10.8 Å². The van der Waals surface area contributed by atoms with Crippen molar-refractivity contribution in [3.8, 4) is 5.69 Å². The number of ketones is 1. The maximum atomic E-state index is 13.0. The van der Waals surface area contributed by atoms with E-state index in [-0.39, 0.29) is 5.78 Å². The number of para-hydroxylation sites is 2. The Bertz CT molecular complexity index is 1310. The van der Waals surface area contributed by atoms with Gasteiger partial charge in [-0.1, -0.05) is 65.7 Å². The highest BCUT2D eigenvalue weighted by Gasteiger charge is 2.16. The largest absolute Gasteiger partial charge is 0.309 e. The highest BCUT2D eigenvalue weighted by molar-refractivity contribution is 6.37. The number of benzene rings is 3. The van der Waals surface area contributed by atoms with Gasteiger partial charge in [-0.3, -0.25) is 4.79 Å². The van der Waals surface area contributed by atoms with Crippen LogP contribution in [0.3, 0.4) is 0 Å². The molecule has 0 fully saturated rings. The number of nitrogens with zero attached hydrogens (tertiary/aromatic N) is 1. The Morgan fingerprint density at radius 2 is 1.35 bits per heavy atom. The fraction of sp³-hybridized carbons (Fsp3) is 0.0741. The van der Waals surface area contributed by atoms with Crippen molar-refractivity contribution >= 4 is 50.8 Å². The van der Waals surface area contributed by atoms with Gasteiger partial charge in [0.2, 0.25) is 0 Å². The summed E-state index contributed by atoms with van der Waals surface area (Å²) >= 11 is 12.2. The first kappa shape index (κ1) is 21.2. The van der Waals surface area contributed by atoms with Gasteiger partial charge < -0.3 is 4.57 Å². The minimum absolute atomic E-state index is 0.127. The van der Waals surface area contributed by atoms with Crippen LogP contribution >= 0.6 is 23.2 Å². The third kappa shape index (κ3) is 4.10. The zero-order valence-electron chi connectivity index (χ0n) is 17.3. The maximum Gasteiger partial charge on any atom is 0.194 e. The molecule has 0 N–H and O–H groups in total. The lowest BCUT2D eigenvalue weighted by atomic mass is 10.0. The average Bonchev–Trinajstić information content (AvgIpc) is 3.13. The molecule has 0 amide bonds. The van der Waals surface area contributed by atoms with E-state index >= 15 is 0 Å². The van der Waals surface area contributed by atoms with Crippen LogP contribution in [0.1, 0.15) is 24.2 Å². The molecule has 0 aliphatic heterocycles. The van der Waals surface area contributed by atoms with E-state index in [0.717, 1.165) is 16.7 Å². The van der Waals surface area contributed by atoms with Crippen molar-refractivity contribution in [2.45, 2.75) is 13.8 Å². The summed E-state index contributed by atoms with van der Waals surface area (Å²) in [5.74, 6) is -0.127. The SMILES string of the molecule is C\C=C(C(=O)c1ccc(-n2c3ccccc3c3ccccc32)cc1)/C(Cl)=C\C=C(/C)Cl. The van der Waals surface area contributed by atoms with Crippen molar-refractivity contribution in [1.29, 1.82) is 0 Å². The van der Waals surface area contributed by atoms with E-state index in [0.29, 0.717) is 21.2 Å². The summed E-state index contributed by atoms with van der Waals surface area (Å²) < 4.78 is 2.22. The Labute approximate surface area is 191 Å². The van der Waals surface area contributed by atoms with E-state index in [2.05, 4.69) is 41.0 Å². The average molecular weight is 446 g/mol. The van der Waals surface area contributed by atoms with E-state index in [4.69, 9.17) is 23.2 Å². The topological polar surface area (TPSA) is 22.0 Å². The van der Waals surface area contributed by atoms with Crippen molar-refractivity contribution in [2.24, 2.45) is 0 Å². The van der Waals surface area contributed by atoms with Crippen LogP contribution in [0.5, 0.6) is 0 Å². The Morgan fingerprint density at radius 3 is 1.87 bits per heavy atom. The van der Waals surface area contributed by atoms with E-state index in [9.17, 15) is 4.79 Å². The number of Topliss-reactive ketones (excluding diaryl/α,β-unsaturated/α-hetero) is 1. The van der Waals surface area contributed by atoms with Gasteiger partial charge in [-0.25, -0.2) is 0 Å². The van der Waals surface area contributed by atoms with Gasteiger partial charge in [0, 0.05) is 32.6 Å². The molecular weight excluding hydrogens is 425 g/mol. The number of aromatic nitrogens is 1. The van der Waals surface area contributed by atoms with E-state index < -0.39 is 0 Å². The molecule has 0 aliphatic rings. The van der Waals surface area contributed by atoms with Gasteiger partial charge in [-0.2, -0.15) is 0 Å². The maximum absolute atomic E-state index is 13.0. The van der Waals surface area contributed by atoms with Crippen LogP contribution in [-0.2, 0) is 0 Å². The number of fused-ring (bicyclic) bond motifs is 3. The molecule has 0 unspecified atom stereocenters. The van der Waals surface area contributed by atoms with Crippen molar-refractivity contribution in [3.63, 3.8) is 0 Å². The second kappa shape index (κ2) is 8.97. The first-order chi connectivity index (χ1) is 15.0. The fourth-order valence-corrected chi connectivity index (χ4v) is 4.09. The molecule has 0 saturated heterocycles. The van der Waals surface area contributed by atoms with Crippen molar-refractivity contribution < 1.29 is 4.79 Å². The third-order valence-electron chi connectivity index (χ3n) is 5.22. The summed E-state index contributed by atoms with van der Waals surface area (Å²) in [6, 6.07) is 24.3. The molecule has 0 atom stereocenters. The van der Waals surface area contributed by atoms with E-state index in [1.807, 2.05) is 36.4 Å². The number of hydrogen-bond donors (Lipinski definition) is 0. The fourth-order valence-electron chi connectivity index (χ4n) is 3.77. The molecule has 4 heteroatoms. The zero-order chi connectivity index (χ0) is 22.0. The second-order valence-corrected chi connectivity index (χ2v) is 8.22. The molecule has 0 radical (unpaired) electrons. The second-order valence-electron chi connectivity index (χ2n) is 7.22. The molecule has 0 aliphatic carbocycles.